The molecule has 1 aromatic heterocycles. The van der Waals surface area contributed by atoms with Crippen molar-refractivity contribution in [3.63, 3.8) is 0 Å². The van der Waals surface area contributed by atoms with Crippen molar-refractivity contribution in [1.82, 2.24) is 4.98 Å². The third kappa shape index (κ3) is 4.38. The van der Waals surface area contributed by atoms with Crippen LogP contribution in [0.5, 0.6) is 5.75 Å². The number of thiazole rings is 1. The molecule has 0 aliphatic rings. The number of halogens is 2. The molecule has 0 fully saturated rings. The zero-order valence-electron chi connectivity index (χ0n) is 14.1. The maximum atomic E-state index is 6.07. The second kappa shape index (κ2) is 8.21. The van der Waals surface area contributed by atoms with Crippen LogP contribution in [0.15, 0.2) is 76.3 Å². The highest BCUT2D eigenvalue weighted by Gasteiger charge is 2.09. The number of ether oxygens (including phenoxy) is 1. The minimum Gasteiger partial charge on any atom is -0.487 e. The average molecular weight is 458 g/mol. The number of benzene rings is 3. The largest absolute Gasteiger partial charge is 0.487 e. The van der Waals surface area contributed by atoms with Crippen LogP contribution in [-0.2, 0) is 6.61 Å². The van der Waals surface area contributed by atoms with Crippen molar-refractivity contribution in [2.45, 2.75) is 6.61 Å². The Morgan fingerprint density at radius 1 is 1.07 bits per heavy atom. The average Bonchev–Trinajstić information content (AvgIpc) is 3.11. The molecule has 6 heteroatoms. The number of rotatable bonds is 5. The lowest BCUT2D eigenvalue weighted by Crippen LogP contribution is -1.98. The van der Waals surface area contributed by atoms with Crippen molar-refractivity contribution in [2.75, 3.05) is 0 Å². The molecule has 0 saturated carbocycles. The first-order valence-electron chi connectivity index (χ1n) is 8.23. The van der Waals surface area contributed by atoms with Gasteiger partial charge in [-0.15, -0.1) is 11.3 Å². The van der Waals surface area contributed by atoms with Gasteiger partial charge in [-0.2, -0.15) is 0 Å². The van der Waals surface area contributed by atoms with E-state index in [1.165, 1.54) is 11.3 Å². The number of fused-ring (bicyclic) bond motifs is 1. The van der Waals surface area contributed by atoms with Gasteiger partial charge in [-0.05, 0) is 41.1 Å². The summed E-state index contributed by atoms with van der Waals surface area (Å²) in [6, 6.07) is 20.1. The predicted molar refractivity (Wildman–Crippen MR) is 117 cm³/mol. The molecule has 0 atom stereocenters. The summed E-state index contributed by atoms with van der Waals surface area (Å²) in [5, 5.41) is 2.24. The van der Waals surface area contributed by atoms with E-state index >= 15 is 0 Å². The van der Waals surface area contributed by atoms with E-state index in [-0.39, 0.29) is 0 Å². The van der Waals surface area contributed by atoms with Gasteiger partial charge in [0.15, 0.2) is 4.47 Å². The van der Waals surface area contributed by atoms with Crippen LogP contribution in [0.1, 0.15) is 10.4 Å². The van der Waals surface area contributed by atoms with Crippen LogP contribution in [0.4, 0.5) is 5.69 Å². The molecule has 4 rings (SSSR count). The van der Waals surface area contributed by atoms with Crippen molar-refractivity contribution in [1.29, 1.82) is 0 Å². The lowest BCUT2D eigenvalue weighted by molar-refractivity contribution is 0.309. The minimum absolute atomic E-state index is 0.419. The third-order valence-corrected chi connectivity index (χ3v) is 5.61. The Hall–Kier alpha value is -2.21. The number of aromatic nitrogens is 1. The zero-order chi connectivity index (χ0) is 18.6. The highest BCUT2D eigenvalue weighted by Crippen LogP contribution is 2.29. The Balaban J connectivity index is 1.69. The SMILES string of the molecule is Clc1ncc(COc2ccc3ccccc3c2C=Nc2ccc(Br)cc2)s1. The molecule has 0 unspecified atom stereocenters. The summed E-state index contributed by atoms with van der Waals surface area (Å²) < 4.78 is 7.61. The molecule has 3 aromatic carbocycles. The molecule has 0 aliphatic heterocycles. The molecule has 0 aliphatic carbocycles. The first-order chi connectivity index (χ1) is 13.2. The van der Waals surface area contributed by atoms with Crippen LogP contribution >= 0.6 is 38.9 Å². The fraction of sp³-hybridized carbons (Fsp3) is 0.0476. The van der Waals surface area contributed by atoms with E-state index in [2.05, 4.69) is 44.1 Å². The van der Waals surface area contributed by atoms with Crippen LogP contribution in [0.2, 0.25) is 4.47 Å². The molecule has 4 aromatic rings. The van der Waals surface area contributed by atoms with Gasteiger partial charge in [0.05, 0.1) is 10.6 Å². The molecular formula is C21H14BrClN2OS. The maximum absolute atomic E-state index is 6.07. The van der Waals surface area contributed by atoms with Crippen LogP contribution in [-0.4, -0.2) is 11.2 Å². The number of hydrogen-bond donors (Lipinski definition) is 0. The van der Waals surface area contributed by atoms with E-state index in [0.717, 1.165) is 37.1 Å². The fourth-order valence-corrected chi connectivity index (χ4v) is 3.86. The number of nitrogens with zero attached hydrogens (tertiary/aromatic N) is 2. The quantitative estimate of drug-likeness (QED) is 0.301. The van der Waals surface area contributed by atoms with Gasteiger partial charge in [0.1, 0.15) is 12.4 Å². The molecule has 0 saturated heterocycles. The lowest BCUT2D eigenvalue weighted by Gasteiger charge is -2.11. The van der Waals surface area contributed by atoms with Crippen molar-refractivity contribution in [2.24, 2.45) is 4.99 Å². The van der Waals surface area contributed by atoms with Gasteiger partial charge in [-0.1, -0.05) is 57.9 Å². The van der Waals surface area contributed by atoms with Gasteiger partial charge in [-0.3, -0.25) is 4.99 Å². The Bertz CT molecular complexity index is 1110. The van der Waals surface area contributed by atoms with Crippen molar-refractivity contribution in [3.05, 3.63) is 86.2 Å². The first kappa shape index (κ1) is 18.2. The summed E-state index contributed by atoms with van der Waals surface area (Å²) in [5.74, 6) is 0.777. The lowest BCUT2D eigenvalue weighted by atomic mass is 10.0. The third-order valence-electron chi connectivity index (χ3n) is 4.00. The van der Waals surface area contributed by atoms with E-state index in [4.69, 9.17) is 16.3 Å². The second-order valence-corrected chi connectivity index (χ2v) is 8.41. The molecule has 0 bridgehead atoms. The van der Waals surface area contributed by atoms with Gasteiger partial charge in [-0.25, -0.2) is 4.98 Å². The van der Waals surface area contributed by atoms with E-state index < -0.39 is 0 Å². The number of aliphatic imine (C=N–C) groups is 1. The van der Waals surface area contributed by atoms with Gasteiger partial charge < -0.3 is 4.74 Å². The zero-order valence-corrected chi connectivity index (χ0v) is 17.3. The summed E-state index contributed by atoms with van der Waals surface area (Å²) in [7, 11) is 0. The summed E-state index contributed by atoms with van der Waals surface area (Å²) in [6.07, 6.45) is 3.60. The second-order valence-electron chi connectivity index (χ2n) is 5.80. The van der Waals surface area contributed by atoms with E-state index in [1.54, 1.807) is 6.20 Å². The van der Waals surface area contributed by atoms with Crippen LogP contribution < -0.4 is 4.74 Å². The monoisotopic (exact) mass is 456 g/mol. The first-order valence-corrected chi connectivity index (χ1v) is 10.2. The molecule has 0 radical (unpaired) electrons. The maximum Gasteiger partial charge on any atom is 0.183 e. The molecule has 1 heterocycles. The van der Waals surface area contributed by atoms with Crippen LogP contribution in [0.25, 0.3) is 10.8 Å². The molecule has 134 valence electrons. The fourth-order valence-electron chi connectivity index (χ4n) is 2.70. The molecular weight excluding hydrogens is 444 g/mol. The summed E-state index contributed by atoms with van der Waals surface area (Å²) in [4.78, 5) is 9.66. The van der Waals surface area contributed by atoms with Gasteiger partial charge in [0.25, 0.3) is 0 Å². The highest BCUT2D eigenvalue weighted by atomic mass is 79.9. The van der Waals surface area contributed by atoms with E-state index in [9.17, 15) is 0 Å². The molecule has 0 amide bonds. The van der Waals surface area contributed by atoms with Crippen molar-refractivity contribution in [3.8, 4) is 5.75 Å². The van der Waals surface area contributed by atoms with Gasteiger partial charge >= 0.3 is 0 Å². The van der Waals surface area contributed by atoms with E-state index in [0.29, 0.717) is 11.1 Å². The van der Waals surface area contributed by atoms with Gasteiger partial charge in [0, 0.05) is 22.4 Å². The number of hydrogen-bond acceptors (Lipinski definition) is 4. The summed E-state index contributed by atoms with van der Waals surface area (Å²) in [5.41, 5.74) is 1.83. The van der Waals surface area contributed by atoms with Crippen LogP contribution in [0, 0.1) is 0 Å². The minimum atomic E-state index is 0.419. The van der Waals surface area contributed by atoms with Crippen LogP contribution in [0.3, 0.4) is 0 Å². The standard InChI is InChI=1S/C21H14BrClN2OS/c22-15-6-8-16(9-7-15)24-12-19-18-4-2-1-3-14(18)5-10-20(19)26-13-17-11-25-21(23)27-17/h1-12H,13H2. The van der Waals surface area contributed by atoms with Crippen molar-refractivity contribution < 1.29 is 4.74 Å². The Labute approximate surface area is 174 Å². The molecule has 3 nitrogen and oxygen atoms in total. The van der Waals surface area contributed by atoms with Crippen molar-refractivity contribution >= 4 is 61.5 Å². The summed E-state index contributed by atoms with van der Waals surface area (Å²) in [6.45, 7) is 0.419. The predicted octanol–water partition coefficient (Wildman–Crippen LogP) is 7.04. The van der Waals surface area contributed by atoms with Gasteiger partial charge in [0.2, 0.25) is 0 Å². The Morgan fingerprint density at radius 2 is 1.89 bits per heavy atom. The topological polar surface area (TPSA) is 34.5 Å². The Kier molecular flexibility index (Phi) is 5.53. The smallest absolute Gasteiger partial charge is 0.183 e. The highest BCUT2D eigenvalue weighted by molar-refractivity contribution is 9.10. The molecule has 0 N–H and O–H groups in total. The van der Waals surface area contributed by atoms with E-state index in [1.807, 2.05) is 48.7 Å². The summed E-state index contributed by atoms with van der Waals surface area (Å²) >= 11 is 10.8. The molecule has 27 heavy (non-hydrogen) atoms. The normalized spacial score (nSPS) is 11.3. The Morgan fingerprint density at radius 3 is 2.67 bits per heavy atom. The molecule has 0 spiro atoms.